The number of halogens is 1. The fourth-order valence-electron chi connectivity index (χ4n) is 2.68. The van der Waals surface area contributed by atoms with Gasteiger partial charge in [-0.05, 0) is 55.0 Å². The fourth-order valence-corrected chi connectivity index (χ4v) is 3.06. The van der Waals surface area contributed by atoms with Crippen molar-refractivity contribution in [3.63, 3.8) is 0 Å². The van der Waals surface area contributed by atoms with Crippen LogP contribution in [0, 0.1) is 6.92 Å². The number of amides is 1. The molecule has 1 N–H and O–H groups in total. The largest absolute Gasteiger partial charge is 0.489 e. The molecule has 0 radical (unpaired) electrons. The molecule has 0 unspecified atom stereocenters. The van der Waals surface area contributed by atoms with Crippen LogP contribution in [-0.4, -0.2) is 18.7 Å². The van der Waals surface area contributed by atoms with Gasteiger partial charge in [-0.1, -0.05) is 58.4 Å². The summed E-state index contributed by atoms with van der Waals surface area (Å²) in [7, 11) is 0. The molecule has 0 aromatic heterocycles. The Kier molecular flexibility index (Phi) is 8.01. The second kappa shape index (κ2) is 11.1. The standard InChI is InChI=1S/C25H23BrN2O3/c1-3-14-30-24-13-10-22(26)15-21(24)16-27-28-25(29)20-8-11-23(12-9-20)31-17-19-6-4-18(2)5-7-19/h3-13,15-16H,1,14,17H2,2H3,(H,28,29)/b27-16+. The van der Waals surface area contributed by atoms with Gasteiger partial charge in [-0.3, -0.25) is 4.79 Å². The van der Waals surface area contributed by atoms with E-state index in [1.807, 2.05) is 37.3 Å². The number of rotatable bonds is 9. The van der Waals surface area contributed by atoms with E-state index in [0.717, 1.165) is 15.6 Å². The van der Waals surface area contributed by atoms with Crippen molar-refractivity contribution in [3.05, 3.63) is 106 Å². The Morgan fingerprint density at radius 1 is 1.06 bits per heavy atom. The Bertz CT molecular complexity index is 1060. The molecule has 3 aromatic rings. The van der Waals surface area contributed by atoms with Gasteiger partial charge in [0.25, 0.3) is 5.91 Å². The lowest BCUT2D eigenvalue weighted by atomic mass is 10.2. The molecule has 0 bridgehead atoms. The van der Waals surface area contributed by atoms with Crippen LogP contribution in [0.5, 0.6) is 11.5 Å². The zero-order valence-corrected chi connectivity index (χ0v) is 18.8. The fraction of sp³-hybridized carbons (Fsp3) is 0.120. The number of aryl methyl sites for hydroxylation is 1. The highest BCUT2D eigenvalue weighted by atomic mass is 79.9. The van der Waals surface area contributed by atoms with Gasteiger partial charge in [0.05, 0.1) is 6.21 Å². The smallest absolute Gasteiger partial charge is 0.271 e. The van der Waals surface area contributed by atoms with Crippen molar-refractivity contribution in [1.29, 1.82) is 0 Å². The molecule has 5 nitrogen and oxygen atoms in total. The van der Waals surface area contributed by atoms with Gasteiger partial charge in [0.15, 0.2) is 0 Å². The number of nitrogens with zero attached hydrogens (tertiary/aromatic N) is 1. The first kappa shape index (κ1) is 22.3. The summed E-state index contributed by atoms with van der Waals surface area (Å²) in [5, 5.41) is 4.05. The van der Waals surface area contributed by atoms with Crippen LogP contribution in [0.3, 0.4) is 0 Å². The Hall–Kier alpha value is -3.38. The summed E-state index contributed by atoms with van der Waals surface area (Å²) in [4.78, 5) is 12.4. The van der Waals surface area contributed by atoms with E-state index in [9.17, 15) is 4.79 Å². The number of ether oxygens (including phenoxy) is 2. The van der Waals surface area contributed by atoms with Crippen molar-refractivity contribution < 1.29 is 14.3 Å². The van der Waals surface area contributed by atoms with Crippen molar-refractivity contribution in [2.75, 3.05) is 6.61 Å². The van der Waals surface area contributed by atoms with Crippen molar-refractivity contribution >= 4 is 28.1 Å². The summed E-state index contributed by atoms with van der Waals surface area (Å²) < 4.78 is 12.3. The summed E-state index contributed by atoms with van der Waals surface area (Å²) in [6, 6.07) is 20.7. The number of hydrogen-bond acceptors (Lipinski definition) is 4. The van der Waals surface area contributed by atoms with Crippen LogP contribution in [-0.2, 0) is 6.61 Å². The molecule has 1 amide bonds. The normalized spacial score (nSPS) is 10.6. The third-order valence-corrected chi connectivity index (χ3v) is 4.83. The molecule has 6 heteroatoms. The van der Waals surface area contributed by atoms with Crippen molar-refractivity contribution in [1.82, 2.24) is 5.43 Å². The van der Waals surface area contributed by atoms with Crippen LogP contribution >= 0.6 is 15.9 Å². The van der Waals surface area contributed by atoms with E-state index < -0.39 is 0 Å². The van der Waals surface area contributed by atoms with Crippen LogP contribution in [0.2, 0.25) is 0 Å². The first-order valence-electron chi connectivity index (χ1n) is 9.70. The lowest BCUT2D eigenvalue weighted by Gasteiger charge is -2.08. The van der Waals surface area contributed by atoms with Gasteiger partial charge in [-0.25, -0.2) is 5.43 Å². The van der Waals surface area contributed by atoms with Crippen LogP contribution < -0.4 is 14.9 Å². The average Bonchev–Trinajstić information content (AvgIpc) is 2.78. The highest BCUT2D eigenvalue weighted by molar-refractivity contribution is 9.10. The van der Waals surface area contributed by atoms with Crippen LogP contribution in [0.1, 0.15) is 27.0 Å². The third kappa shape index (κ3) is 6.83. The SMILES string of the molecule is C=CCOc1ccc(Br)cc1/C=N/NC(=O)c1ccc(OCc2ccc(C)cc2)cc1. The van der Waals surface area contributed by atoms with E-state index in [0.29, 0.717) is 30.3 Å². The molecule has 158 valence electrons. The Balaban J connectivity index is 1.56. The maximum atomic E-state index is 12.4. The Morgan fingerprint density at radius 2 is 1.81 bits per heavy atom. The molecule has 0 saturated carbocycles. The molecule has 0 fully saturated rings. The number of hydrogen-bond donors (Lipinski definition) is 1. The van der Waals surface area contributed by atoms with Crippen molar-refractivity contribution in [2.24, 2.45) is 5.10 Å². The molecule has 3 aromatic carbocycles. The number of hydrazone groups is 1. The van der Waals surface area contributed by atoms with E-state index >= 15 is 0 Å². The van der Waals surface area contributed by atoms with Gasteiger partial charge >= 0.3 is 0 Å². The number of carbonyl (C=O) groups is 1. The summed E-state index contributed by atoms with van der Waals surface area (Å²) in [5.41, 5.74) is 6.05. The van der Waals surface area contributed by atoms with Crippen molar-refractivity contribution in [2.45, 2.75) is 13.5 Å². The topological polar surface area (TPSA) is 59.9 Å². The molecule has 0 aliphatic heterocycles. The minimum absolute atomic E-state index is 0.315. The van der Waals surface area contributed by atoms with Crippen LogP contribution in [0.15, 0.2) is 89.0 Å². The molecular weight excluding hydrogens is 456 g/mol. The number of nitrogens with one attached hydrogen (secondary N) is 1. The van der Waals surface area contributed by atoms with Gasteiger partial charge in [-0.2, -0.15) is 5.10 Å². The maximum absolute atomic E-state index is 12.4. The van der Waals surface area contributed by atoms with E-state index in [4.69, 9.17) is 9.47 Å². The molecule has 31 heavy (non-hydrogen) atoms. The first-order chi connectivity index (χ1) is 15.0. The summed E-state index contributed by atoms with van der Waals surface area (Å²) in [6.07, 6.45) is 3.21. The van der Waals surface area contributed by atoms with Crippen LogP contribution in [0.4, 0.5) is 0 Å². The Morgan fingerprint density at radius 3 is 2.52 bits per heavy atom. The molecule has 0 spiro atoms. The first-order valence-corrected chi connectivity index (χ1v) is 10.5. The van der Waals surface area contributed by atoms with E-state index in [-0.39, 0.29) is 5.91 Å². The quantitative estimate of drug-likeness (QED) is 0.245. The van der Waals surface area contributed by atoms with E-state index in [2.05, 4.69) is 45.2 Å². The number of carbonyl (C=O) groups excluding carboxylic acids is 1. The zero-order valence-electron chi connectivity index (χ0n) is 17.2. The summed E-state index contributed by atoms with van der Waals surface area (Å²) in [5.74, 6) is 1.03. The average molecular weight is 479 g/mol. The lowest BCUT2D eigenvalue weighted by molar-refractivity contribution is 0.0955. The highest BCUT2D eigenvalue weighted by Gasteiger charge is 2.06. The molecule has 0 heterocycles. The minimum atomic E-state index is -0.315. The molecule has 3 rings (SSSR count). The van der Waals surface area contributed by atoms with Gasteiger partial charge < -0.3 is 9.47 Å². The van der Waals surface area contributed by atoms with E-state index in [1.165, 1.54) is 5.56 Å². The molecule has 0 saturated heterocycles. The highest BCUT2D eigenvalue weighted by Crippen LogP contribution is 2.22. The zero-order chi connectivity index (χ0) is 22.1. The molecule has 0 atom stereocenters. The van der Waals surface area contributed by atoms with Gasteiger partial charge in [-0.15, -0.1) is 0 Å². The van der Waals surface area contributed by atoms with Crippen LogP contribution in [0.25, 0.3) is 0 Å². The van der Waals surface area contributed by atoms with E-state index in [1.54, 1.807) is 36.6 Å². The lowest BCUT2D eigenvalue weighted by Crippen LogP contribution is -2.17. The van der Waals surface area contributed by atoms with Crippen molar-refractivity contribution in [3.8, 4) is 11.5 Å². The summed E-state index contributed by atoms with van der Waals surface area (Å²) >= 11 is 3.42. The summed E-state index contributed by atoms with van der Waals surface area (Å²) in [6.45, 7) is 6.55. The Labute approximate surface area is 190 Å². The molecule has 0 aliphatic rings. The van der Waals surface area contributed by atoms with Gasteiger partial charge in [0.2, 0.25) is 0 Å². The third-order valence-electron chi connectivity index (χ3n) is 4.34. The molecular formula is C25H23BrN2O3. The minimum Gasteiger partial charge on any atom is -0.489 e. The predicted molar refractivity (Wildman–Crippen MR) is 127 cm³/mol. The number of benzene rings is 3. The predicted octanol–water partition coefficient (Wildman–Crippen LogP) is 5.67. The van der Waals surface area contributed by atoms with Gasteiger partial charge in [0, 0.05) is 15.6 Å². The second-order valence-electron chi connectivity index (χ2n) is 6.78. The van der Waals surface area contributed by atoms with Gasteiger partial charge in [0.1, 0.15) is 24.7 Å². The maximum Gasteiger partial charge on any atom is 0.271 e. The molecule has 0 aliphatic carbocycles. The second-order valence-corrected chi connectivity index (χ2v) is 7.70. The monoisotopic (exact) mass is 478 g/mol.